The molecule has 0 atom stereocenters. The van der Waals surface area contributed by atoms with E-state index in [9.17, 15) is 0 Å². The summed E-state index contributed by atoms with van der Waals surface area (Å²) < 4.78 is 5.71. The molecule has 0 unspecified atom stereocenters. The van der Waals surface area contributed by atoms with Crippen molar-refractivity contribution < 1.29 is 4.74 Å². The van der Waals surface area contributed by atoms with Crippen molar-refractivity contribution in [3.8, 4) is 5.88 Å². The maximum absolute atomic E-state index is 5.71. The van der Waals surface area contributed by atoms with Crippen molar-refractivity contribution in [3.63, 3.8) is 0 Å². The molecule has 23 heavy (non-hydrogen) atoms. The standard InChI is InChI=1S/C16H26N4OS.HI/c1-3-17-16(19-8-9-22-2)20-11-14-6-7-18-15(10-14)21-12-13-4-5-13;/h6-7,10,13H,3-5,8-9,11-12H2,1-2H3,(H2,17,19,20);1H. The Labute approximate surface area is 160 Å². The number of rotatable bonds is 9. The highest BCUT2D eigenvalue weighted by atomic mass is 127. The Bertz CT molecular complexity index is 483. The van der Waals surface area contributed by atoms with Crippen LogP contribution < -0.4 is 15.4 Å². The van der Waals surface area contributed by atoms with Gasteiger partial charge in [0.25, 0.3) is 0 Å². The normalized spacial score (nSPS) is 14.1. The van der Waals surface area contributed by atoms with Crippen molar-refractivity contribution >= 4 is 41.7 Å². The van der Waals surface area contributed by atoms with Crippen LogP contribution in [0.4, 0.5) is 0 Å². The Morgan fingerprint density at radius 3 is 2.96 bits per heavy atom. The number of ether oxygens (including phenoxy) is 1. The molecular formula is C16H27IN4OS. The average molecular weight is 450 g/mol. The number of hydrogen-bond acceptors (Lipinski definition) is 4. The van der Waals surface area contributed by atoms with Gasteiger partial charge in [-0.05, 0) is 43.6 Å². The van der Waals surface area contributed by atoms with Gasteiger partial charge < -0.3 is 15.4 Å². The van der Waals surface area contributed by atoms with Gasteiger partial charge in [0.15, 0.2) is 5.96 Å². The molecule has 1 heterocycles. The first-order valence-corrected chi connectivity index (χ1v) is 9.30. The number of aliphatic imine (C=N–C) groups is 1. The molecule has 0 aliphatic heterocycles. The molecule has 1 aliphatic carbocycles. The van der Waals surface area contributed by atoms with E-state index in [-0.39, 0.29) is 24.0 Å². The van der Waals surface area contributed by atoms with Crippen LogP contribution in [0.3, 0.4) is 0 Å². The summed E-state index contributed by atoms with van der Waals surface area (Å²) >= 11 is 1.82. The number of halogens is 1. The fourth-order valence-electron chi connectivity index (χ4n) is 1.90. The summed E-state index contributed by atoms with van der Waals surface area (Å²) in [5, 5.41) is 6.58. The molecule has 1 aromatic rings. The first-order chi connectivity index (χ1) is 10.8. The Balaban J connectivity index is 0.00000264. The third kappa shape index (κ3) is 8.64. The molecule has 0 bridgehead atoms. The van der Waals surface area contributed by atoms with Crippen molar-refractivity contribution in [3.05, 3.63) is 23.9 Å². The van der Waals surface area contributed by atoms with Crippen molar-refractivity contribution in [2.45, 2.75) is 26.3 Å². The van der Waals surface area contributed by atoms with Gasteiger partial charge in [0.1, 0.15) is 0 Å². The minimum Gasteiger partial charge on any atom is -0.477 e. The second kappa shape index (κ2) is 11.8. The zero-order valence-corrected chi connectivity index (χ0v) is 17.0. The summed E-state index contributed by atoms with van der Waals surface area (Å²) in [4.78, 5) is 8.86. The molecule has 0 spiro atoms. The van der Waals surface area contributed by atoms with Crippen LogP contribution in [0, 0.1) is 5.92 Å². The quantitative estimate of drug-likeness (QED) is 0.262. The van der Waals surface area contributed by atoms with Crippen molar-refractivity contribution in [1.82, 2.24) is 15.6 Å². The molecule has 1 aliphatic rings. The van der Waals surface area contributed by atoms with E-state index in [2.05, 4.69) is 33.8 Å². The van der Waals surface area contributed by atoms with Gasteiger partial charge in [-0.2, -0.15) is 11.8 Å². The Morgan fingerprint density at radius 2 is 2.26 bits per heavy atom. The second-order valence-corrected chi connectivity index (χ2v) is 6.36. The maximum Gasteiger partial charge on any atom is 0.213 e. The highest BCUT2D eigenvalue weighted by Gasteiger charge is 2.22. The van der Waals surface area contributed by atoms with Crippen LogP contribution in [0.5, 0.6) is 5.88 Å². The first kappa shape index (κ1) is 20.3. The molecule has 1 aromatic heterocycles. The molecular weight excluding hydrogens is 423 g/mol. The highest BCUT2D eigenvalue weighted by molar-refractivity contribution is 14.0. The summed E-state index contributed by atoms with van der Waals surface area (Å²) in [6.07, 6.45) is 6.47. The van der Waals surface area contributed by atoms with Gasteiger partial charge in [-0.15, -0.1) is 24.0 Å². The lowest BCUT2D eigenvalue weighted by Crippen LogP contribution is -2.38. The number of pyridine rings is 1. The van der Waals surface area contributed by atoms with E-state index in [1.165, 1.54) is 12.8 Å². The summed E-state index contributed by atoms with van der Waals surface area (Å²) in [5.74, 6) is 3.37. The molecule has 7 heteroatoms. The number of hydrogen-bond donors (Lipinski definition) is 2. The number of aromatic nitrogens is 1. The van der Waals surface area contributed by atoms with E-state index in [4.69, 9.17) is 4.74 Å². The summed E-state index contributed by atoms with van der Waals surface area (Å²) in [5.41, 5.74) is 1.11. The van der Waals surface area contributed by atoms with E-state index in [0.29, 0.717) is 12.4 Å². The van der Waals surface area contributed by atoms with E-state index in [0.717, 1.165) is 42.9 Å². The molecule has 130 valence electrons. The lowest BCUT2D eigenvalue weighted by Gasteiger charge is -2.11. The zero-order valence-electron chi connectivity index (χ0n) is 13.9. The molecule has 0 amide bonds. The SMILES string of the molecule is CCNC(=NCc1ccnc(OCC2CC2)c1)NCCSC.I. The number of guanidine groups is 1. The lowest BCUT2D eigenvalue weighted by molar-refractivity contribution is 0.288. The molecule has 5 nitrogen and oxygen atoms in total. The number of nitrogens with one attached hydrogen (secondary N) is 2. The molecule has 0 aromatic carbocycles. The molecule has 0 radical (unpaired) electrons. The van der Waals surface area contributed by atoms with E-state index >= 15 is 0 Å². The topological polar surface area (TPSA) is 58.5 Å². The Hall–Kier alpha value is -0.700. The minimum atomic E-state index is 0. The van der Waals surface area contributed by atoms with E-state index in [1.807, 2.05) is 23.9 Å². The summed E-state index contributed by atoms with van der Waals surface area (Å²) in [6.45, 7) is 5.26. The monoisotopic (exact) mass is 450 g/mol. The molecule has 2 N–H and O–H groups in total. The maximum atomic E-state index is 5.71. The molecule has 2 rings (SSSR count). The van der Waals surface area contributed by atoms with Gasteiger partial charge in [-0.3, -0.25) is 0 Å². The van der Waals surface area contributed by atoms with Crippen molar-refractivity contribution in [1.29, 1.82) is 0 Å². The van der Waals surface area contributed by atoms with Crippen LogP contribution in [0.25, 0.3) is 0 Å². The van der Waals surface area contributed by atoms with E-state index < -0.39 is 0 Å². The van der Waals surface area contributed by atoms with Crippen LogP contribution in [0.2, 0.25) is 0 Å². The van der Waals surface area contributed by atoms with Gasteiger partial charge in [0, 0.05) is 31.1 Å². The van der Waals surface area contributed by atoms with Crippen LogP contribution >= 0.6 is 35.7 Å². The van der Waals surface area contributed by atoms with Crippen LogP contribution in [-0.2, 0) is 6.54 Å². The van der Waals surface area contributed by atoms with Gasteiger partial charge >= 0.3 is 0 Å². The number of nitrogens with zero attached hydrogens (tertiary/aromatic N) is 2. The third-order valence-electron chi connectivity index (χ3n) is 3.33. The number of thioether (sulfide) groups is 1. The predicted molar refractivity (Wildman–Crippen MR) is 109 cm³/mol. The van der Waals surface area contributed by atoms with Crippen LogP contribution in [0.15, 0.2) is 23.3 Å². The van der Waals surface area contributed by atoms with Gasteiger partial charge in [0.05, 0.1) is 13.2 Å². The molecule has 1 fully saturated rings. The van der Waals surface area contributed by atoms with Crippen molar-refractivity contribution in [2.75, 3.05) is 31.7 Å². The third-order valence-corrected chi connectivity index (χ3v) is 3.94. The van der Waals surface area contributed by atoms with E-state index in [1.54, 1.807) is 6.20 Å². The van der Waals surface area contributed by atoms with Crippen LogP contribution in [-0.4, -0.2) is 42.6 Å². The Kier molecular flexibility index (Phi) is 10.4. The highest BCUT2D eigenvalue weighted by Crippen LogP contribution is 2.29. The van der Waals surface area contributed by atoms with Crippen molar-refractivity contribution in [2.24, 2.45) is 10.9 Å². The van der Waals surface area contributed by atoms with Gasteiger partial charge in [-0.1, -0.05) is 0 Å². The van der Waals surface area contributed by atoms with Gasteiger partial charge in [0.2, 0.25) is 5.88 Å². The lowest BCUT2D eigenvalue weighted by atomic mass is 10.3. The predicted octanol–water partition coefficient (Wildman–Crippen LogP) is 2.91. The molecule has 1 saturated carbocycles. The summed E-state index contributed by atoms with van der Waals surface area (Å²) in [6, 6.07) is 3.97. The zero-order chi connectivity index (χ0) is 15.6. The van der Waals surface area contributed by atoms with Crippen LogP contribution in [0.1, 0.15) is 25.3 Å². The second-order valence-electron chi connectivity index (χ2n) is 5.37. The first-order valence-electron chi connectivity index (χ1n) is 7.90. The smallest absolute Gasteiger partial charge is 0.213 e. The minimum absolute atomic E-state index is 0. The largest absolute Gasteiger partial charge is 0.477 e. The summed E-state index contributed by atoms with van der Waals surface area (Å²) in [7, 11) is 0. The van der Waals surface area contributed by atoms with Gasteiger partial charge in [-0.25, -0.2) is 9.98 Å². The fourth-order valence-corrected chi connectivity index (χ4v) is 2.21. The Morgan fingerprint density at radius 1 is 1.43 bits per heavy atom. The fraction of sp³-hybridized carbons (Fsp3) is 0.625. The average Bonchev–Trinajstić information content (AvgIpc) is 3.36. The molecule has 0 saturated heterocycles.